The quantitative estimate of drug-likeness (QED) is 0.355. The second-order valence-corrected chi connectivity index (χ2v) is 9.01. The fraction of sp³-hybridized carbons (Fsp3) is 0.250. The van der Waals surface area contributed by atoms with Crippen LogP contribution in [-0.2, 0) is 6.54 Å². The van der Waals surface area contributed by atoms with Crippen molar-refractivity contribution in [1.29, 1.82) is 0 Å². The average molecular weight is 465 g/mol. The molecule has 0 saturated carbocycles. The van der Waals surface area contributed by atoms with Crippen molar-refractivity contribution in [2.45, 2.75) is 19.5 Å². The molecule has 0 aliphatic carbocycles. The molecule has 4 heterocycles. The van der Waals surface area contributed by atoms with E-state index in [1.54, 1.807) is 0 Å². The van der Waals surface area contributed by atoms with Crippen LogP contribution in [0.3, 0.4) is 0 Å². The molecule has 1 unspecified atom stereocenters. The minimum absolute atomic E-state index is 0.0813. The number of benzene rings is 2. The summed E-state index contributed by atoms with van der Waals surface area (Å²) >= 11 is 0. The number of rotatable bonds is 6. The molecule has 1 aliphatic heterocycles. The van der Waals surface area contributed by atoms with E-state index < -0.39 is 0 Å². The first-order valence-electron chi connectivity index (χ1n) is 12.1. The summed E-state index contributed by atoms with van der Waals surface area (Å²) in [5.41, 5.74) is 5.41. The highest BCUT2D eigenvalue weighted by Gasteiger charge is 2.27. The first kappa shape index (κ1) is 21.7. The summed E-state index contributed by atoms with van der Waals surface area (Å²) < 4.78 is 7.85. The number of aromatic nitrogens is 4. The first-order chi connectivity index (χ1) is 17.3. The Kier molecular flexibility index (Phi) is 5.86. The van der Waals surface area contributed by atoms with E-state index in [4.69, 9.17) is 9.51 Å². The van der Waals surface area contributed by atoms with Gasteiger partial charge in [-0.2, -0.15) is 4.98 Å². The Morgan fingerprint density at radius 2 is 1.49 bits per heavy atom. The second kappa shape index (κ2) is 9.44. The average Bonchev–Trinajstić information content (AvgIpc) is 3.56. The molecule has 0 amide bonds. The van der Waals surface area contributed by atoms with Crippen molar-refractivity contribution in [2.24, 2.45) is 0 Å². The summed E-state index contributed by atoms with van der Waals surface area (Å²) in [6, 6.07) is 26.7. The largest absolute Gasteiger partial charge is 0.337 e. The summed E-state index contributed by atoms with van der Waals surface area (Å²) in [5, 5.41) is 4.20. The van der Waals surface area contributed by atoms with Crippen LogP contribution in [-0.4, -0.2) is 55.5 Å². The molecule has 35 heavy (non-hydrogen) atoms. The third kappa shape index (κ3) is 4.36. The fourth-order valence-corrected chi connectivity index (χ4v) is 4.81. The molecule has 1 aliphatic rings. The van der Waals surface area contributed by atoms with Crippen LogP contribution < -0.4 is 0 Å². The van der Waals surface area contributed by atoms with Gasteiger partial charge < -0.3 is 8.92 Å². The fourth-order valence-electron chi connectivity index (χ4n) is 4.81. The van der Waals surface area contributed by atoms with E-state index in [1.807, 2.05) is 42.5 Å². The van der Waals surface area contributed by atoms with Crippen molar-refractivity contribution in [3.8, 4) is 22.6 Å². The smallest absolute Gasteiger partial charge is 0.244 e. The maximum atomic E-state index is 5.63. The molecule has 6 rings (SSSR count). The summed E-state index contributed by atoms with van der Waals surface area (Å²) in [5.74, 6) is 1.32. The normalized spacial score (nSPS) is 16.0. The van der Waals surface area contributed by atoms with Gasteiger partial charge in [0.25, 0.3) is 0 Å². The van der Waals surface area contributed by atoms with Crippen molar-refractivity contribution < 1.29 is 4.52 Å². The van der Waals surface area contributed by atoms with Crippen LogP contribution in [0.1, 0.15) is 24.6 Å². The molecule has 1 fully saturated rings. The second-order valence-electron chi connectivity index (χ2n) is 9.01. The van der Waals surface area contributed by atoms with Crippen LogP contribution in [0.4, 0.5) is 0 Å². The Bertz CT molecular complexity index is 1400. The van der Waals surface area contributed by atoms with Gasteiger partial charge >= 0.3 is 0 Å². The molecule has 0 radical (unpaired) electrons. The van der Waals surface area contributed by atoms with Crippen molar-refractivity contribution in [2.75, 3.05) is 26.2 Å². The molecule has 176 valence electrons. The lowest BCUT2D eigenvalue weighted by Gasteiger charge is -2.36. The van der Waals surface area contributed by atoms with Gasteiger partial charge in [-0.1, -0.05) is 71.9 Å². The number of pyridine rings is 1. The highest BCUT2D eigenvalue weighted by Crippen LogP contribution is 2.27. The Morgan fingerprint density at radius 1 is 0.800 bits per heavy atom. The Morgan fingerprint density at radius 3 is 2.23 bits per heavy atom. The van der Waals surface area contributed by atoms with Gasteiger partial charge in [0, 0.05) is 50.0 Å². The number of piperazine rings is 1. The lowest BCUT2D eigenvalue weighted by atomic mass is 10.1. The van der Waals surface area contributed by atoms with E-state index in [1.165, 1.54) is 5.69 Å². The van der Waals surface area contributed by atoms with E-state index in [0.717, 1.165) is 55.2 Å². The van der Waals surface area contributed by atoms with Crippen LogP contribution in [0.5, 0.6) is 0 Å². The van der Waals surface area contributed by atoms with Gasteiger partial charge in [0.05, 0.1) is 17.4 Å². The summed E-state index contributed by atoms with van der Waals surface area (Å²) in [6.07, 6.45) is 2.11. The van der Waals surface area contributed by atoms with E-state index in [2.05, 4.69) is 73.9 Å². The molecule has 7 nitrogen and oxygen atoms in total. The molecule has 2 aromatic carbocycles. The summed E-state index contributed by atoms with van der Waals surface area (Å²) in [7, 11) is 0. The highest BCUT2D eigenvalue weighted by molar-refractivity contribution is 5.66. The zero-order valence-corrected chi connectivity index (χ0v) is 19.8. The van der Waals surface area contributed by atoms with Gasteiger partial charge in [-0.25, -0.2) is 4.98 Å². The first-order valence-corrected chi connectivity index (χ1v) is 12.1. The minimum atomic E-state index is 0.0813. The lowest BCUT2D eigenvalue weighted by Crippen LogP contribution is -2.46. The van der Waals surface area contributed by atoms with Crippen LogP contribution in [0.15, 0.2) is 89.6 Å². The third-order valence-corrected chi connectivity index (χ3v) is 6.84. The van der Waals surface area contributed by atoms with Gasteiger partial charge in [0.15, 0.2) is 0 Å². The lowest BCUT2D eigenvalue weighted by molar-refractivity contribution is 0.0838. The molecule has 3 aromatic heterocycles. The maximum absolute atomic E-state index is 5.63. The molecular formula is C28H28N6O. The zero-order valence-electron chi connectivity index (χ0n) is 19.8. The van der Waals surface area contributed by atoms with Crippen molar-refractivity contribution >= 4 is 5.65 Å². The number of hydrogen-bond donors (Lipinski definition) is 0. The van der Waals surface area contributed by atoms with Crippen LogP contribution >= 0.6 is 0 Å². The van der Waals surface area contributed by atoms with Crippen molar-refractivity contribution in [1.82, 2.24) is 29.3 Å². The van der Waals surface area contributed by atoms with Crippen molar-refractivity contribution in [3.05, 3.63) is 96.6 Å². The SMILES string of the molecule is CC(c1nc(-c2ccccc2)no1)N1CCN(Cc2c(-c3ccccc3)nc3ccccn23)CC1. The monoisotopic (exact) mass is 464 g/mol. The number of fused-ring (bicyclic) bond motifs is 1. The summed E-state index contributed by atoms with van der Waals surface area (Å²) in [4.78, 5) is 14.6. The molecule has 0 bridgehead atoms. The summed E-state index contributed by atoms with van der Waals surface area (Å²) in [6.45, 7) is 6.84. The molecule has 0 spiro atoms. The van der Waals surface area contributed by atoms with Gasteiger partial charge in [-0.15, -0.1) is 0 Å². The standard InChI is InChI=1S/C28H28N6O/c1-21(28-30-27(31-35-28)23-12-6-3-7-13-23)33-18-16-32(17-19-33)20-24-26(22-10-4-2-5-11-22)29-25-14-8-9-15-34(24)25/h2-15,21H,16-20H2,1H3. The molecular weight excluding hydrogens is 436 g/mol. The Balaban J connectivity index is 1.16. The number of imidazole rings is 1. The van der Waals surface area contributed by atoms with Crippen molar-refractivity contribution in [3.63, 3.8) is 0 Å². The minimum Gasteiger partial charge on any atom is -0.337 e. The Hall–Kier alpha value is -3.81. The topological polar surface area (TPSA) is 62.7 Å². The van der Waals surface area contributed by atoms with E-state index in [0.29, 0.717) is 11.7 Å². The zero-order chi connectivity index (χ0) is 23.6. The highest BCUT2D eigenvalue weighted by atomic mass is 16.5. The van der Waals surface area contributed by atoms with Gasteiger partial charge in [0.1, 0.15) is 5.65 Å². The van der Waals surface area contributed by atoms with E-state index in [9.17, 15) is 0 Å². The predicted molar refractivity (Wildman–Crippen MR) is 136 cm³/mol. The third-order valence-electron chi connectivity index (χ3n) is 6.84. The Labute approximate surface area is 204 Å². The van der Waals surface area contributed by atoms with Crippen LogP contribution in [0.25, 0.3) is 28.3 Å². The molecule has 5 aromatic rings. The van der Waals surface area contributed by atoms with Crippen LogP contribution in [0.2, 0.25) is 0 Å². The molecule has 1 saturated heterocycles. The molecule has 1 atom stereocenters. The van der Waals surface area contributed by atoms with E-state index in [-0.39, 0.29) is 6.04 Å². The van der Waals surface area contributed by atoms with E-state index >= 15 is 0 Å². The maximum Gasteiger partial charge on any atom is 0.244 e. The van der Waals surface area contributed by atoms with Gasteiger partial charge in [-0.05, 0) is 19.1 Å². The molecule has 7 heteroatoms. The predicted octanol–water partition coefficient (Wildman–Crippen LogP) is 4.93. The van der Waals surface area contributed by atoms with Gasteiger partial charge in [0.2, 0.25) is 11.7 Å². The molecule has 0 N–H and O–H groups in total. The van der Waals surface area contributed by atoms with Gasteiger partial charge in [-0.3, -0.25) is 9.80 Å². The van der Waals surface area contributed by atoms with Crippen LogP contribution in [0, 0.1) is 0 Å². The number of nitrogens with zero attached hydrogens (tertiary/aromatic N) is 6. The number of hydrogen-bond acceptors (Lipinski definition) is 6.